The Hall–Kier alpha value is 0.1000. The van der Waals surface area contributed by atoms with Gasteiger partial charge in [0.25, 0.3) is 0 Å². The van der Waals surface area contributed by atoms with Crippen LogP contribution in [-0.4, -0.2) is 31.6 Å². The lowest BCUT2D eigenvalue weighted by Crippen LogP contribution is -2.41. The Morgan fingerprint density at radius 1 is 1.47 bits per heavy atom. The summed E-state index contributed by atoms with van der Waals surface area (Å²) < 4.78 is 1.20. The van der Waals surface area contributed by atoms with E-state index in [4.69, 9.17) is 0 Å². The molecule has 96 valence electrons. The molecule has 0 unspecified atom stereocenters. The maximum atomic E-state index is 3.61. The van der Waals surface area contributed by atoms with Crippen molar-refractivity contribution in [3.05, 3.63) is 20.8 Å². The fraction of sp³-hybridized carbons (Fsp3) is 0.692. The summed E-state index contributed by atoms with van der Waals surface area (Å²) in [7, 11) is 2.22. The van der Waals surface area contributed by atoms with Crippen LogP contribution >= 0.6 is 27.3 Å². The molecular weight excluding hydrogens is 296 g/mol. The van der Waals surface area contributed by atoms with Gasteiger partial charge < -0.3 is 10.2 Å². The fourth-order valence-electron chi connectivity index (χ4n) is 2.27. The van der Waals surface area contributed by atoms with E-state index in [2.05, 4.69) is 51.6 Å². The standard InChI is InChI=1S/C13H21BrN2S/c1-13(3-5-16(2)6-4-13)10-15-8-12-7-11(14)9-17-12/h7,9,15H,3-6,8,10H2,1-2H3. The number of thiophene rings is 1. The van der Waals surface area contributed by atoms with Crippen LogP contribution in [0.1, 0.15) is 24.6 Å². The summed E-state index contributed by atoms with van der Waals surface area (Å²) >= 11 is 5.31. The molecule has 1 N–H and O–H groups in total. The van der Waals surface area contributed by atoms with Crippen molar-refractivity contribution in [1.82, 2.24) is 10.2 Å². The maximum absolute atomic E-state index is 3.61. The minimum absolute atomic E-state index is 0.487. The van der Waals surface area contributed by atoms with Crippen LogP contribution in [0.5, 0.6) is 0 Å². The fourth-order valence-corrected chi connectivity index (χ4v) is 3.69. The van der Waals surface area contributed by atoms with E-state index in [9.17, 15) is 0 Å². The van der Waals surface area contributed by atoms with Crippen molar-refractivity contribution >= 4 is 27.3 Å². The third-order valence-electron chi connectivity index (χ3n) is 3.67. The zero-order valence-electron chi connectivity index (χ0n) is 10.6. The highest BCUT2D eigenvalue weighted by Crippen LogP contribution is 2.29. The van der Waals surface area contributed by atoms with Crippen LogP contribution in [-0.2, 0) is 6.54 Å². The van der Waals surface area contributed by atoms with E-state index in [-0.39, 0.29) is 0 Å². The van der Waals surface area contributed by atoms with Crippen molar-refractivity contribution in [3.8, 4) is 0 Å². The maximum Gasteiger partial charge on any atom is 0.0300 e. The van der Waals surface area contributed by atoms with Gasteiger partial charge in [-0.25, -0.2) is 0 Å². The van der Waals surface area contributed by atoms with E-state index in [1.807, 2.05) is 11.3 Å². The number of rotatable bonds is 4. The molecule has 17 heavy (non-hydrogen) atoms. The summed E-state index contributed by atoms with van der Waals surface area (Å²) in [5, 5.41) is 5.76. The topological polar surface area (TPSA) is 15.3 Å². The van der Waals surface area contributed by atoms with E-state index in [1.54, 1.807) is 0 Å². The zero-order chi connectivity index (χ0) is 12.3. The number of nitrogens with zero attached hydrogens (tertiary/aromatic N) is 1. The summed E-state index contributed by atoms with van der Waals surface area (Å²) in [5.74, 6) is 0. The molecule has 0 radical (unpaired) electrons. The molecule has 4 heteroatoms. The molecule has 0 spiro atoms. The van der Waals surface area contributed by atoms with E-state index in [1.165, 1.54) is 35.3 Å². The molecule has 1 aromatic rings. The number of nitrogens with one attached hydrogen (secondary N) is 1. The average Bonchev–Trinajstić information content (AvgIpc) is 2.69. The average molecular weight is 317 g/mol. The highest BCUT2D eigenvalue weighted by Gasteiger charge is 2.28. The SMILES string of the molecule is CN1CCC(C)(CNCc2cc(Br)cs2)CC1. The molecule has 0 atom stereocenters. The smallest absolute Gasteiger partial charge is 0.0300 e. The van der Waals surface area contributed by atoms with Crippen LogP contribution in [0.15, 0.2) is 15.9 Å². The van der Waals surface area contributed by atoms with Gasteiger partial charge in [-0.15, -0.1) is 11.3 Å². The van der Waals surface area contributed by atoms with Crippen molar-refractivity contribution in [2.45, 2.75) is 26.3 Å². The second-order valence-electron chi connectivity index (χ2n) is 5.45. The van der Waals surface area contributed by atoms with Gasteiger partial charge in [0, 0.05) is 27.8 Å². The molecule has 0 aromatic carbocycles. The van der Waals surface area contributed by atoms with Crippen molar-refractivity contribution in [1.29, 1.82) is 0 Å². The molecule has 0 aliphatic carbocycles. The van der Waals surface area contributed by atoms with Crippen LogP contribution in [0.4, 0.5) is 0 Å². The van der Waals surface area contributed by atoms with Gasteiger partial charge in [-0.2, -0.15) is 0 Å². The van der Waals surface area contributed by atoms with Crippen molar-refractivity contribution in [2.75, 3.05) is 26.7 Å². The number of halogens is 1. The van der Waals surface area contributed by atoms with Crippen LogP contribution in [0, 0.1) is 5.41 Å². The Bertz CT molecular complexity index is 356. The molecule has 2 rings (SSSR count). The first-order chi connectivity index (χ1) is 8.07. The monoisotopic (exact) mass is 316 g/mol. The molecule has 1 aliphatic rings. The minimum Gasteiger partial charge on any atom is -0.311 e. The van der Waals surface area contributed by atoms with Crippen molar-refractivity contribution < 1.29 is 0 Å². The van der Waals surface area contributed by atoms with E-state index in [0.717, 1.165) is 13.1 Å². The molecule has 1 aromatic heterocycles. The summed E-state index contributed by atoms with van der Waals surface area (Å²) in [6.07, 6.45) is 2.62. The quantitative estimate of drug-likeness (QED) is 0.916. The van der Waals surface area contributed by atoms with Crippen molar-refractivity contribution in [3.63, 3.8) is 0 Å². The predicted octanol–water partition coefficient (Wildman–Crippen LogP) is 3.33. The second kappa shape index (κ2) is 5.83. The molecule has 0 amide bonds. The summed E-state index contributed by atoms with van der Waals surface area (Å²) in [4.78, 5) is 3.84. The molecule has 0 bridgehead atoms. The first-order valence-corrected chi connectivity index (χ1v) is 7.87. The predicted molar refractivity (Wildman–Crippen MR) is 78.6 cm³/mol. The Kier molecular flexibility index (Phi) is 4.64. The van der Waals surface area contributed by atoms with E-state index in [0.29, 0.717) is 5.41 Å². The lowest BCUT2D eigenvalue weighted by molar-refractivity contribution is 0.137. The number of piperidine rings is 1. The lowest BCUT2D eigenvalue weighted by Gasteiger charge is -2.38. The normalized spacial score (nSPS) is 20.6. The van der Waals surface area contributed by atoms with Gasteiger partial charge in [-0.1, -0.05) is 6.92 Å². The largest absolute Gasteiger partial charge is 0.311 e. The minimum atomic E-state index is 0.487. The van der Waals surface area contributed by atoms with Crippen LogP contribution in [0.3, 0.4) is 0 Å². The highest BCUT2D eigenvalue weighted by molar-refractivity contribution is 9.10. The molecule has 1 saturated heterocycles. The number of hydrogen-bond donors (Lipinski definition) is 1. The first-order valence-electron chi connectivity index (χ1n) is 6.20. The third-order valence-corrected chi connectivity index (χ3v) is 5.36. The Morgan fingerprint density at radius 2 is 2.18 bits per heavy atom. The van der Waals surface area contributed by atoms with Crippen molar-refractivity contribution in [2.24, 2.45) is 5.41 Å². The molecule has 2 heterocycles. The number of hydrogen-bond acceptors (Lipinski definition) is 3. The Morgan fingerprint density at radius 3 is 2.76 bits per heavy atom. The van der Waals surface area contributed by atoms with Gasteiger partial charge >= 0.3 is 0 Å². The van der Waals surface area contributed by atoms with Crippen LogP contribution in [0.2, 0.25) is 0 Å². The second-order valence-corrected chi connectivity index (χ2v) is 7.36. The van der Waals surface area contributed by atoms with Gasteiger partial charge in [-0.3, -0.25) is 0 Å². The van der Waals surface area contributed by atoms with Gasteiger partial charge in [-0.05, 0) is 60.4 Å². The summed E-state index contributed by atoms with van der Waals surface area (Å²) in [6, 6.07) is 2.20. The molecule has 2 nitrogen and oxygen atoms in total. The molecule has 1 fully saturated rings. The van der Waals surface area contributed by atoms with Gasteiger partial charge in [0.05, 0.1) is 0 Å². The third kappa shape index (κ3) is 4.05. The Labute approximate surface area is 117 Å². The summed E-state index contributed by atoms with van der Waals surface area (Å²) in [5.41, 5.74) is 0.487. The van der Waals surface area contributed by atoms with Crippen LogP contribution < -0.4 is 5.32 Å². The first kappa shape index (κ1) is 13.5. The highest BCUT2D eigenvalue weighted by atomic mass is 79.9. The Balaban J connectivity index is 1.74. The van der Waals surface area contributed by atoms with E-state index < -0.39 is 0 Å². The molecular formula is C13H21BrN2S. The molecule has 1 aliphatic heterocycles. The molecule has 0 saturated carbocycles. The zero-order valence-corrected chi connectivity index (χ0v) is 13.0. The van der Waals surface area contributed by atoms with Gasteiger partial charge in [0.2, 0.25) is 0 Å². The summed E-state index contributed by atoms with van der Waals surface area (Å²) in [6.45, 7) is 7.03. The lowest BCUT2D eigenvalue weighted by atomic mass is 9.80. The van der Waals surface area contributed by atoms with Gasteiger partial charge in [0.1, 0.15) is 0 Å². The number of likely N-dealkylation sites (tertiary alicyclic amines) is 1. The van der Waals surface area contributed by atoms with E-state index >= 15 is 0 Å². The van der Waals surface area contributed by atoms with Crippen LogP contribution in [0.25, 0.3) is 0 Å². The van der Waals surface area contributed by atoms with Gasteiger partial charge in [0.15, 0.2) is 0 Å².